The fraction of sp³-hybridized carbons (Fsp3) is 0.250. The highest BCUT2D eigenvalue weighted by Crippen LogP contribution is 2.24. The van der Waals surface area contributed by atoms with Gasteiger partial charge in [-0.15, -0.1) is 0 Å². The molecule has 0 radical (unpaired) electrons. The van der Waals surface area contributed by atoms with E-state index in [-0.39, 0.29) is 23.0 Å². The Balaban J connectivity index is 2.14. The zero-order valence-corrected chi connectivity index (χ0v) is 13.7. The second-order valence-electron chi connectivity index (χ2n) is 5.38. The molecule has 3 aromatic rings. The van der Waals surface area contributed by atoms with Crippen molar-refractivity contribution in [1.82, 2.24) is 14.3 Å². The largest absolute Gasteiger partial charge is 0.434 e. The molecular weight excluding hydrogens is 340 g/mol. The van der Waals surface area contributed by atoms with Crippen molar-refractivity contribution in [3.05, 3.63) is 57.0 Å². The van der Waals surface area contributed by atoms with Crippen LogP contribution in [-0.2, 0) is 13.6 Å². The molecule has 2 aromatic heterocycles. The molecule has 0 atom stereocenters. The lowest BCUT2D eigenvalue weighted by molar-refractivity contribution is -0.0505. The minimum atomic E-state index is -2.93. The van der Waals surface area contributed by atoms with Gasteiger partial charge in [-0.2, -0.15) is 8.78 Å². The molecule has 0 N–H and O–H groups in total. The third-order valence-corrected chi connectivity index (χ3v) is 3.93. The molecular formula is C16H14ClF2N3O2. The van der Waals surface area contributed by atoms with Crippen LogP contribution in [0, 0.1) is 6.92 Å². The first-order valence-electron chi connectivity index (χ1n) is 7.13. The fourth-order valence-electron chi connectivity index (χ4n) is 2.60. The topological polar surface area (TPSA) is 49.1 Å². The van der Waals surface area contributed by atoms with E-state index in [2.05, 4.69) is 9.72 Å². The van der Waals surface area contributed by atoms with E-state index in [1.807, 2.05) is 6.92 Å². The van der Waals surface area contributed by atoms with Gasteiger partial charge >= 0.3 is 6.61 Å². The molecule has 8 heteroatoms. The Morgan fingerprint density at radius 2 is 2.04 bits per heavy atom. The molecule has 24 heavy (non-hydrogen) atoms. The van der Waals surface area contributed by atoms with Gasteiger partial charge < -0.3 is 4.74 Å². The first-order valence-corrected chi connectivity index (χ1v) is 7.51. The normalized spacial score (nSPS) is 11.4. The molecule has 0 unspecified atom stereocenters. The molecule has 0 bridgehead atoms. The molecule has 126 valence electrons. The number of nitrogens with zero attached hydrogens (tertiary/aromatic N) is 3. The van der Waals surface area contributed by atoms with E-state index in [1.54, 1.807) is 29.9 Å². The van der Waals surface area contributed by atoms with Gasteiger partial charge in [0.1, 0.15) is 10.9 Å². The number of benzene rings is 1. The van der Waals surface area contributed by atoms with Gasteiger partial charge in [0.15, 0.2) is 5.65 Å². The maximum Gasteiger partial charge on any atom is 0.387 e. The van der Waals surface area contributed by atoms with Gasteiger partial charge in [-0.05, 0) is 25.1 Å². The summed E-state index contributed by atoms with van der Waals surface area (Å²) in [6.45, 7) is -0.937. The summed E-state index contributed by atoms with van der Waals surface area (Å²) in [5.74, 6) is 0.0620. The Morgan fingerprint density at radius 1 is 1.29 bits per heavy atom. The van der Waals surface area contributed by atoms with Crippen molar-refractivity contribution in [3.63, 3.8) is 0 Å². The molecule has 5 nitrogen and oxygen atoms in total. The van der Waals surface area contributed by atoms with Crippen molar-refractivity contribution < 1.29 is 13.5 Å². The molecule has 0 saturated carbocycles. The number of fused-ring (bicyclic) bond motifs is 1. The summed E-state index contributed by atoms with van der Waals surface area (Å²) in [5, 5.41) is 0.654. The van der Waals surface area contributed by atoms with Gasteiger partial charge in [0.2, 0.25) is 0 Å². The van der Waals surface area contributed by atoms with Crippen LogP contribution in [0.1, 0.15) is 11.1 Å². The quantitative estimate of drug-likeness (QED) is 0.676. The minimum absolute atomic E-state index is 0.0620. The van der Waals surface area contributed by atoms with Gasteiger partial charge in [0, 0.05) is 12.6 Å². The van der Waals surface area contributed by atoms with Gasteiger partial charge in [0.25, 0.3) is 5.56 Å². The van der Waals surface area contributed by atoms with E-state index in [4.69, 9.17) is 11.6 Å². The van der Waals surface area contributed by atoms with Gasteiger partial charge in [0.05, 0.1) is 11.9 Å². The zero-order chi connectivity index (χ0) is 17.4. The van der Waals surface area contributed by atoms with Crippen molar-refractivity contribution in [3.8, 4) is 5.75 Å². The van der Waals surface area contributed by atoms with Crippen LogP contribution in [0.4, 0.5) is 8.78 Å². The number of aromatic nitrogens is 3. The van der Waals surface area contributed by atoms with Crippen molar-refractivity contribution >= 4 is 22.6 Å². The molecule has 0 aliphatic carbocycles. The van der Waals surface area contributed by atoms with Crippen LogP contribution in [0.5, 0.6) is 5.75 Å². The van der Waals surface area contributed by atoms with Crippen LogP contribution in [0.15, 0.2) is 35.1 Å². The van der Waals surface area contributed by atoms with Gasteiger partial charge in [-0.1, -0.05) is 29.3 Å². The molecule has 0 spiro atoms. The van der Waals surface area contributed by atoms with E-state index in [0.29, 0.717) is 16.6 Å². The Morgan fingerprint density at radius 3 is 2.75 bits per heavy atom. The summed E-state index contributed by atoms with van der Waals surface area (Å²) in [6, 6.07) is 8.03. The number of ether oxygens (including phenoxy) is 1. The Hall–Kier alpha value is -2.41. The minimum Gasteiger partial charge on any atom is -0.434 e. The molecule has 0 saturated heterocycles. The van der Waals surface area contributed by atoms with E-state index in [0.717, 1.165) is 5.56 Å². The summed E-state index contributed by atoms with van der Waals surface area (Å²) < 4.78 is 32.8. The number of halogens is 3. The molecule has 2 heterocycles. The highest BCUT2D eigenvalue weighted by molar-refractivity contribution is 6.29. The first-order chi connectivity index (χ1) is 11.4. The Kier molecular flexibility index (Phi) is 4.28. The van der Waals surface area contributed by atoms with Crippen LogP contribution in [-0.4, -0.2) is 21.0 Å². The maximum absolute atomic E-state index is 12.6. The third-order valence-electron chi connectivity index (χ3n) is 3.72. The van der Waals surface area contributed by atoms with E-state index in [1.165, 1.54) is 16.8 Å². The average molecular weight is 354 g/mol. The Bertz CT molecular complexity index is 966. The van der Waals surface area contributed by atoms with Crippen LogP contribution < -0.4 is 10.3 Å². The molecule has 1 aromatic carbocycles. The number of alkyl halides is 2. The standard InChI is InChI=1S/C16H14ClF2N3O2/c1-9-3-5-12(24-16(18)19)10(7-9)8-22-14-11(15(23)21(22)2)4-6-13(17)20-14/h3-7,16H,8H2,1-2H3. The fourth-order valence-corrected chi connectivity index (χ4v) is 2.74. The number of hydrogen-bond acceptors (Lipinski definition) is 3. The van der Waals surface area contributed by atoms with Crippen molar-refractivity contribution in [1.29, 1.82) is 0 Å². The van der Waals surface area contributed by atoms with Crippen LogP contribution in [0.3, 0.4) is 0 Å². The van der Waals surface area contributed by atoms with Crippen molar-refractivity contribution in [2.45, 2.75) is 20.1 Å². The Labute approximate surface area is 141 Å². The second kappa shape index (κ2) is 6.24. The average Bonchev–Trinajstić information content (AvgIpc) is 2.74. The van der Waals surface area contributed by atoms with Crippen molar-refractivity contribution in [2.75, 3.05) is 0 Å². The van der Waals surface area contributed by atoms with Crippen LogP contribution in [0.25, 0.3) is 11.0 Å². The van der Waals surface area contributed by atoms with Gasteiger partial charge in [-0.3, -0.25) is 14.2 Å². The highest BCUT2D eigenvalue weighted by Gasteiger charge is 2.16. The first kappa shape index (κ1) is 16.4. The molecule has 0 amide bonds. The maximum atomic E-state index is 12.6. The SMILES string of the molecule is Cc1ccc(OC(F)F)c(Cn2c3nc(Cl)ccc3c(=O)n2C)c1. The van der Waals surface area contributed by atoms with Crippen LogP contribution >= 0.6 is 11.6 Å². The van der Waals surface area contributed by atoms with Gasteiger partial charge in [-0.25, -0.2) is 4.98 Å². The summed E-state index contributed by atoms with van der Waals surface area (Å²) in [5.41, 5.74) is 1.56. The lowest BCUT2D eigenvalue weighted by Crippen LogP contribution is -2.20. The molecule has 0 aliphatic rings. The van der Waals surface area contributed by atoms with Crippen molar-refractivity contribution in [2.24, 2.45) is 7.05 Å². The highest BCUT2D eigenvalue weighted by atomic mass is 35.5. The van der Waals surface area contributed by atoms with Crippen LogP contribution in [0.2, 0.25) is 5.15 Å². The molecule has 3 rings (SSSR count). The molecule has 0 fully saturated rings. The second-order valence-corrected chi connectivity index (χ2v) is 5.77. The third kappa shape index (κ3) is 2.99. The number of pyridine rings is 1. The number of hydrogen-bond donors (Lipinski definition) is 0. The number of aryl methyl sites for hydroxylation is 1. The predicted octanol–water partition coefficient (Wildman–Crippen LogP) is 3.35. The molecule has 0 aliphatic heterocycles. The summed E-state index contributed by atoms with van der Waals surface area (Å²) >= 11 is 5.92. The summed E-state index contributed by atoms with van der Waals surface area (Å²) in [7, 11) is 1.58. The summed E-state index contributed by atoms with van der Waals surface area (Å²) in [4.78, 5) is 16.5. The smallest absolute Gasteiger partial charge is 0.387 e. The van der Waals surface area contributed by atoms with E-state index in [9.17, 15) is 13.6 Å². The lowest BCUT2D eigenvalue weighted by Gasteiger charge is -2.14. The number of rotatable bonds is 4. The summed E-state index contributed by atoms with van der Waals surface area (Å²) in [6.07, 6.45) is 0. The lowest BCUT2D eigenvalue weighted by atomic mass is 10.1. The van der Waals surface area contributed by atoms with E-state index < -0.39 is 6.61 Å². The van der Waals surface area contributed by atoms with E-state index >= 15 is 0 Å². The monoisotopic (exact) mass is 353 g/mol. The predicted molar refractivity (Wildman–Crippen MR) is 86.9 cm³/mol. The zero-order valence-electron chi connectivity index (χ0n) is 13.0.